The molecule has 180 valence electrons. The molecule has 0 saturated heterocycles. The molecule has 5 N–H and O–H groups in total. The molecule has 3 rings (SSSR count). The summed E-state index contributed by atoms with van der Waals surface area (Å²) in [6.45, 7) is 2.30. The van der Waals surface area contributed by atoms with Crippen molar-refractivity contribution in [3.8, 4) is 0 Å². The van der Waals surface area contributed by atoms with E-state index in [0.717, 1.165) is 22.3 Å². The first-order chi connectivity index (χ1) is 16.1. The fraction of sp³-hybridized carbons (Fsp3) is 0.240. The summed E-state index contributed by atoms with van der Waals surface area (Å²) in [5.41, 5.74) is 10.7. The van der Waals surface area contributed by atoms with Gasteiger partial charge in [0.15, 0.2) is 0 Å². The maximum atomic E-state index is 13.0. The van der Waals surface area contributed by atoms with Crippen LogP contribution in [0.1, 0.15) is 34.6 Å². The summed E-state index contributed by atoms with van der Waals surface area (Å²) in [5, 5.41) is 11.5. The molecule has 34 heavy (non-hydrogen) atoms. The number of hydrazine groups is 1. The van der Waals surface area contributed by atoms with Crippen molar-refractivity contribution in [2.45, 2.75) is 30.7 Å². The Morgan fingerprint density at radius 3 is 2.26 bits per heavy atom. The number of nitrogens with zero attached hydrogens (tertiary/aromatic N) is 2. The van der Waals surface area contributed by atoms with Crippen LogP contribution in [0.5, 0.6) is 0 Å². The third kappa shape index (κ3) is 6.15. The average Bonchev–Trinajstić information content (AvgIpc) is 2.78. The van der Waals surface area contributed by atoms with E-state index in [1.807, 2.05) is 49.4 Å². The van der Waals surface area contributed by atoms with Crippen molar-refractivity contribution in [3.05, 3.63) is 87.9 Å². The number of nitrogen functional groups attached to an aromatic ring is 1. The van der Waals surface area contributed by atoms with Gasteiger partial charge in [0, 0.05) is 31.6 Å². The summed E-state index contributed by atoms with van der Waals surface area (Å²) < 4.78 is 14.7. The van der Waals surface area contributed by atoms with Crippen LogP contribution in [0.3, 0.4) is 0 Å². The van der Waals surface area contributed by atoms with Crippen molar-refractivity contribution in [2.75, 3.05) is 24.8 Å². The zero-order valence-corrected chi connectivity index (χ0v) is 20.9. The number of aliphatic carboxylic acids is 1. The Hall–Kier alpha value is -2.91. The number of carboxylic acid groups (broad SMARTS) is 1. The highest BCUT2D eigenvalue weighted by Crippen LogP contribution is 2.34. The van der Waals surface area contributed by atoms with E-state index in [9.17, 15) is 14.1 Å². The highest BCUT2D eigenvalue weighted by atomic mass is 35.5. The van der Waals surface area contributed by atoms with Crippen molar-refractivity contribution in [3.63, 3.8) is 0 Å². The normalized spacial score (nSPS) is 13.0. The molecule has 0 aliphatic carbocycles. The predicted octanol–water partition coefficient (Wildman–Crippen LogP) is 4.30. The number of carbonyl (C=O) groups is 1. The van der Waals surface area contributed by atoms with Crippen LogP contribution < -0.4 is 16.6 Å². The van der Waals surface area contributed by atoms with Crippen molar-refractivity contribution in [1.29, 1.82) is 0 Å². The summed E-state index contributed by atoms with van der Waals surface area (Å²) in [4.78, 5) is 12.4. The van der Waals surface area contributed by atoms with E-state index in [1.165, 1.54) is 5.01 Å². The molecule has 0 saturated carbocycles. The molecular formula is C25H29ClN4O3S. The van der Waals surface area contributed by atoms with Gasteiger partial charge in [0.05, 0.1) is 22.7 Å². The van der Waals surface area contributed by atoms with Crippen LogP contribution in [0.25, 0.3) is 0 Å². The molecule has 0 spiro atoms. The number of carboxylic acids is 1. The number of rotatable bonds is 9. The van der Waals surface area contributed by atoms with Crippen molar-refractivity contribution < 1.29 is 14.1 Å². The number of nitrogens with two attached hydrogens (primary N) is 2. The largest absolute Gasteiger partial charge is 0.481 e. The second-order valence-electron chi connectivity index (χ2n) is 8.28. The van der Waals surface area contributed by atoms with Crippen LogP contribution in [-0.2, 0) is 22.3 Å². The topological polar surface area (TPSA) is 113 Å². The lowest BCUT2D eigenvalue weighted by atomic mass is 9.87. The first-order valence-electron chi connectivity index (χ1n) is 10.6. The minimum atomic E-state index is -1.37. The number of anilines is 2. The van der Waals surface area contributed by atoms with Crippen molar-refractivity contribution >= 4 is 39.9 Å². The number of hydrogen-bond acceptors (Lipinski definition) is 5. The molecule has 0 aromatic heterocycles. The highest BCUT2D eigenvalue weighted by Gasteiger charge is 2.21. The minimum Gasteiger partial charge on any atom is -0.481 e. The molecule has 9 heteroatoms. The zero-order chi connectivity index (χ0) is 25.0. The molecule has 7 nitrogen and oxygen atoms in total. The van der Waals surface area contributed by atoms with E-state index in [4.69, 9.17) is 23.2 Å². The van der Waals surface area contributed by atoms with Crippen LogP contribution >= 0.6 is 11.6 Å². The second kappa shape index (κ2) is 11.0. The molecule has 0 heterocycles. The van der Waals surface area contributed by atoms with Crippen molar-refractivity contribution in [1.82, 2.24) is 4.31 Å². The van der Waals surface area contributed by atoms with Gasteiger partial charge in [0.25, 0.3) is 0 Å². The van der Waals surface area contributed by atoms with E-state index in [0.29, 0.717) is 27.8 Å². The molecule has 0 bridgehead atoms. The summed E-state index contributed by atoms with van der Waals surface area (Å²) in [6, 6.07) is 18.3. The molecule has 0 amide bonds. The lowest BCUT2D eigenvalue weighted by Crippen LogP contribution is -2.26. The van der Waals surface area contributed by atoms with E-state index in [2.05, 4.69) is 0 Å². The standard InChI is InChI=1S/C25H29ClN4O3S/c1-16-4-8-20(9-5-16)34(33)29(2)15-19-12-17(6-10-22(19)26)21(14-25(31)32)18-7-11-24(30(3)28)23(27)13-18/h4-13,21H,14-15,27-28H2,1-3H3,(H,31,32). The maximum Gasteiger partial charge on any atom is 0.304 e. The summed E-state index contributed by atoms with van der Waals surface area (Å²) >= 11 is 6.47. The Balaban J connectivity index is 1.92. The van der Waals surface area contributed by atoms with Gasteiger partial charge in [-0.25, -0.2) is 14.4 Å². The Labute approximate surface area is 207 Å². The first kappa shape index (κ1) is 25.7. The van der Waals surface area contributed by atoms with Crippen LogP contribution in [0.2, 0.25) is 5.02 Å². The van der Waals surface area contributed by atoms with Gasteiger partial charge in [0.1, 0.15) is 11.0 Å². The molecule has 0 aliphatic heterocycles. The van der Waals surface area contributed by atoms with Crippen molar-refractivity contribution in [2.24, 2.45) is 5.84 Å². The van der Waals surface area contributed by atoms with E-state index >= 15 is 0 Å². The predicted molar refractivity (Wildman–Crippen MR) is 138 cm³/mol. The Morgan fingerprint density at radius 2 is 1.68 bits per heavy atom. The zero-order valence-electron chi connectivity index (χ0n) is 19.4. The highest BCUT2D eigenvalue weighted by molar-refractivity contribution is 7.82. The SMILES string of the molecule is Cc1ccc(S(=O)N(C)Cc2cc(C(CC(=O)O)c3ccc(N(C)N)c(N)c3)ccc2Cl)cc1. The van der Waals surface area contributed by atoms with Crippen LogP contribution in [0.15, 0.2) is 65.6 Å². The number of halogens is 1. The monoisotopic (exact) mass is 500 g/mol. The van der Waals surface area contributed by atoms with E-state index in [-0.39, 0.29) is 6.42 Å². The summed E-state index contributed by atoms with van der Waals surface area (Å²) in [7, 11) is 2.07. The molecule has 0 radical (unpaired) electrons. The van der Waals surface area contributed by atoms with Crippen LogP contribution in [0, 0.1) is 6.92 Å². The quantitative estimate of drug-likeness (QED) is 0.229. The van der Waals surface area contributed by atoms with Gasteiger partial charge in [0.2, 0.25) is 0 Å². The summed E-state index contributed by atoms with van der Waals surface area (Å²) in [5.74, 6) is 4.43. The van der Waals surface area contributed by atoms with Crippen LogP contribution in [0.4, 0.5) is 11.4 Å². The number of benzene rings is 3. The van der Waals surface area contributed by atoms with Gasteiger partial charge in [-0.1, -0.05) is 47.5 Å². The van der Waals surface area contributed by atoms with Gasteiger partial charge < -0.3 is 15.8 Å². The van der Waals surface area contributed by atoms with Gasteiger partial charge in [-0.3, -0.25) is 4.79 Å². The second-order valence-corrected chi connectivity index (χ2v) is 10.3. The van der Waals surface area contributed by atoms with E-state index < -0.39 is 22.9 Å². The Bertz CT molecular complexity index is 1200. The third-order valence-corrected chi connectivity index (χ3v) is 7.32. The number of hydrogen-bond donors (Lipinski definition) is 3. The van der Waals surface area contributed by atoms with Gasteiger partial charge >= 0.3 is 5.97 Å². The molecule has 3 aromatic rings. The summed E-state index contributed by atoms with van der Waals surface area (Å²) in [6.07, 6.45) is -0.122. The minimum absolute atomic E-state index is 0.122. The van der Waals surface area contributed by atoms with Crippen LogP contribution in [-0.4, -0.2) is 33.7 Å². The smallest absolute Gasteiger partial charge is 0.304 e. The first-order valence-corrected chi connectivity index (χ1v) is 12.1. The fourth-order valence-electron chi connectivity index (χ4n) is 3.78. The maximum absolute atomic E-state index is 13.0. The molecule has 2 atom stereocenters. The lowest BCUT2D eigenvalue weighted by Gasteiger charge is -2.22. The Kier molecular flexibility index (Phi) is 8.33. The average molecular weight is 501 g/mol. The fourth-order valence-corrected chi connectivity index (χ4v) is 4.94. The van der Waals surface area contributed by atoms with Gasteiger partial charge in [-0.05, 0) is 53.9 Å². The Morgan fingerprint density at radius 1 is 1.06 bits per heavy atom. The van der Waals surface area contributed by atoms with Gasteiger partial charge in [-0.2, -0.15) is 0 Å². The molecule has 0 aliphatic rings. The molecule has 3 aromatic carbocycles. The molecule has 2 unspecified atom stereocenters. The number of aryl methyl sites for hydroxylation is 1. The third-order valence-electron chi connectivity index (χ3n) is 5.58. The van der Waals surface area contributed by atoms with Gasteiger partial charge in [-0.15, -0.1) is 0 Å². The molecule has 0 fully saturated rings. The van der Waals surface area contributed by atoms with E-state index in [1.54, 1.807) is 36.6 Å². The molecular weight excluding hydrogens is 472 g/mol. The lowest BCUT2D eigenvalue weighted by molar-refractivity contribution is -0.137.